The third-order valence-corrected chi connectivity index (χ3v) is 6.34. The van der Waals surface area contributed by atoms with Crippen molar-refractivity contribution in [2.24, 2.45) is 0 Å². The molecule has 0 atom stereocenters. The Morgan fingerprint density at radius 1 is 0.824 bits per heavy atom. The second-order valence-electron chi connectivity index (χ2n) is 7.59. The first-order valence-electron chi connectivity index (χ1n) is 11.1. The Hall–Kier alpha value is -3.97. The zero-order valence-corrected chi connectivity index (χ0v) is 19.7. The Balaban J connectivity index is 1.33. The standard InChI is InChI=1S/C27H23N3O3S/c1-3-32-23-15-13-19(14-16-23)18-5-9-21(10-6-18)25-29-30-17-24(28-27(30)34-25)20-7-11-22(12-8-20)26(31)33-4-2/h5-17H,3-4H2,1-2H3. The predicted octanol–water partition coefficient (Wildman–Crippen LogP) is 6.37. The topological polar surface area (TPSA) is 65.7 Å². The summed E-state index contributed by atoms with van der Waals surface area (Å²) in [4.78, 5) is 17.4. The molecular formula is C27H23N3O3S. The third kappa shape index (κ3) is 4.43. The van der Waals surface area contributed by atoms with Gasteiger partial charge in [0.05, 0.1) is 30.7 Å². The molecule has 5 rings (SSSR count). The molecule has 0 fully saturated rings. The molecule has 3 aromatic carbocycles. The number of imidazole rings is 1. The van der Waals surface area contributed by atoms with Gasteiger partial charge in [0.15, 0.2) is 0 Å². The van der Waals surface area contributed by atoms with Crippen LogP contribution in [0.1, 0.15) is 24.2 Å². The molecule has 6 nitrogen and oxygen atoms in total. The lowest BCUT2D eigenvalue weighted by Gasteiger charge is -2.06. The fourth-order valence-corrected chi connectivity index (χ4v) is 4.55. The lowest BCUT2D eigenvalue weighted by molar-refractivity contribution is 0.0526. The first-order valence-corrected chi connectivity index (χ1v) is 11.9. The zero-order valence-electron chi connectivity index (χ0n) is 18.9. The summed E-state index contributed by atoms with van der Waals surface area (Å²) in [5.41, 5.74) is 5.59. The van der Waals surface area contributed by atoms with Gasteiger partial charge < -0.3 is 9.47 Å². The van der Waals surface area contributed by atoms with Crippen molar-refractivity contribution in [3.8, 4) is 38.7 Å². The van der Waals surface area contributed by atoms with Gasteiger partial charge in [-0.05, 0) is 49.2 Å². The van der Waals surface area contributed by atoms with E-state index < -0.39 is 0 Å². The van der Waals surface area contributed by atoms with Crippen molar-refractivity contribution in [3.05, 3.63) is 84.6 Å². The number of nitrogens with zero attached hydrogens (tertiary/aromatic N) is 3. The van der Waals surface area contributed by atoms with Crippen LogP contribution in [-0.4, -0.2) is 33.8 Å². The molecule has 2 heterocycles. The first kappa shape index (κ1) is 21.9. The number of esters is 1. The molecule has 0 aliphatic heterocycles. The van der Waals surface area contributed by atoms with Gasteiger partial charge in [0, 0.05) is 11.1 Å². The molecule has 0 N–H and O–H groups in total. The minimum Gasteiger partial charge on any atom is -0.494 e. The Bertz CT molecular complexity index is 1390. The summed E-state index contributed by atoms with van der Waals surface area (Å²) in [5.74, 6) is 0.558. The van der Waals surface area contributed by atoms with Crippen LogP contribution in [-0.2, 0) is 4.74 Å². The Labute approximate surface area is 201 Å². The Morgan fingerprint density at radius 2 is 1.44 bits per heavy atom. The van der Waals surface area contributed by atoms with Crippen molar-refractivity contribution in [1.82, 2.24) is 14.6 Å². The molecule has 0 saturated carbocycles. The monoisotopic (exact) mass is 469 g/mol. The predicted molar refractivity (Wildman–Crippen MR) is 134 cm³/mol. The van der Waals surface area contributed by atoms with Crippen LogP contribution >= 0.6 is 11.3 Å². The number of fused-ring (bicyclic) bond motifs is 1. The SMILES string of the molecule is CCOC(=O)c1ccc(-c2cn3nc(-c4ccc(-c5ccc(OCC)cc5)cc4)sc3n2)cc1. The van der Waals surface area contributed by atoms with E-state index in [0.717, 1.165) is 43.7 Å². The number of hydrogen-bond donors (Lipinski definition) is 0. The molecular weight excluding hydrogens is 446 g/mol. The fourth-order valence-electron chi connectivity index (χ4n) is 3.66. The van der Waals surface area contributed by atoms with Crippen LogP contribution in [0, 0.1) is 0 Å². The largest absolute Gasteiger partial charge is 0.494 e. The highest BCUT2D eigenvalue weighted by molar-refractivity contribution is 7.19. The van der Waals surface area contributed by atoms with Crippen LogP contribution in [0.2, 0.25) is 0 Å². The molecule has 0 bridgehead atoms. The van der Waals surface area contributed by atoms with E-state index in [4.69, 9.17) is 19.6 Å². The molecule has 34 heavy (non-hydrogen) atoms. The zero-order chi connectivity index (χ0) is 23.5. The molecule has 0 saturated heterocycles. The summed E-state index contributed by atoms with van der Waals surface area (Å²) < 4.78 is 12.4. The average molecular weight is 470 g/mol. The average Bonchev–Trinajstić information content (AvgIpc) is 3.45. The highest BCUT2D eigenvalue weighted by Crippen LogP contribution is 2.30. The van der Waals surface area contributed by atoms with Gasteiger partial charge in [-0.3, -0.25) is 0 Å². The van der Waals surface area contributed by atoms with E-state index in [1.165, 1.54) is 11.3 Å². The van der Waals surface area contributed by atoms with E-state index >= 15 is 0 Å². The normalized spacial score (nSPS) is 11.0. The number of aromatic nitrogens is 3. The van der Waals surface area contributed by atoms with Gasteiger partial charge in [-0.2, -0.15) is 5.10 Å². The van der Waals surface area contributed by atoms with E-state index in [-0.39, 0.29) is 5.97 Å². The molecule has 0 spiro atoms. The maximum Gasteiger partial charge on any atom is 0.338 e. The second-order valence-corrected chi connectivity index (χ2v) is 8.55. The van der Waals surface area contributed by atoms with Gasteiger partial charge in [-0.1, -0.05) is 59.9 Å². The maximum atomic E-state index is 11.8. The van der Waals surface area contributed by atoms with Crippen molar-refractivity contribution >= 4 is 22.3 Å². The van der Waals surface area contributed by atoms with E-state index in [1.54, 1.807) is 23.6 Å². The molecule has 0 amide bonds. The van der Waals surface area contributed by atoms with Gasteiger partial charge in [-0.15, -0.1) is 0 Å². The van der Waals surface area contributed by atoms with Gasteiger partial charge >= 0.3 is 5.97 Å². The van der Waals surface area contributed by atoms with Crippen molar-refractivity contribution < 1.29 is 14.3 Å². The van der Waals surface area contributed by atoms with Crippen molar-refractivity contribution in [2.75, 3.05) is 13.2 Å². The molecule has 170 valence electrons. The van der Waals surface area contributed by atoms with Crippen molar-refractivity contribution in [3.63, 3.8) is 0 Å². The number of rotatable bonds is 7. The highest BCUT2D eigenvalue weighted by Gasteiger charge is 2.13. The molecule has 7 heteroatoms. The Morgan fingerprint density at radius 3 is 2.06 bits per heavy atom. The summed E-state index contributed by atoms with van der Waals surface area (Å²) >= 11 is 1.54. The molecule has 0 radical (unpaired) electrons. The van der Waals surface area contributed by atoms with Crippen LogP contribution in [0.3, 0.4) is 0 Å². The lowest BCUT2D eigenvalue weighted by atomic mass is 10.0. The van der Waals surface area contributed by atoms with E-state index in [9.17, 15) is 4.79 Å². The number of hydrogen-bond acceptors (Lipinski definition) is 6. The third-order valence-electron chi connectivity index (χ3n) is 5.37. The van der Waals surface area contributed by atoms with Gasteiger partial charge in [0.1, 0.15) is 10.8 Å². The number of carbonyl (C=O) groups is 1. The molecule has 2 aromatic heterocycles. The summed E-state index contributed by atoms with van der Waals surface area (Å²) in [5, 5.41) is 5.62. The lowest BCUT2D eigenvalue weighted by Crippen LogP contribution is -2.03. The van der Waals surface area contributed by atoms with E-state index in [0.29, 0.717) is 18.8 Å². The van der Waals surface area contributed by atoms with Gasteiger partial charge in [0.2, 0.25) is 4.96 Å². The summed E-state index contributed by atoms with van der Waals surface area (Å²) in [6, 6.07) is 23.7. The van der Waals surface area contributed by atoms with Crippen LogP contribution < -0.4 is 4.74 Å². The number of ether oxygens (including phenoxy) is 2. The van der Waals surface area contributed by atoms with Crippen molar-refractivity contribution in [2.45, 2.75) is 13.8 Å². The quantitative estimate of drug-likeness (QED) is 0.259. The summed E-state index contributed by atoms with van der Waals surface area (Å²) in [7, 11) is 0. The fraction of sp³-hybridized carbons (Fsp3) is 0.148. The molecule has 0 aliphatic carbocycles. The van der Waals surface area contributed by atoms with Crippen LogP contribution in [0.5, 0.6) is 5.75 Å². The second kappa shape index (κ2) is 9.49. The highest BCUT2D eigenvalue weighted by atomic mass is 32.1. The van der Waals surface area contributed by atoms with Gasteiger partial charge in [-0.25, -0.2) is 14.3 Å². The van der Waals surface area contributed by atoms with E-state index in [1.807, 2.05) is 37.4 Å². The molecule has 0 aliphatic rings. The summed E-state index contributed by atoms with van der Waals surface area (Å²) in [6.07, 6.45) is 1.91. The van der Waals surface area contributed by atoms with E-state index in [2.05, 4.69) is 36.4 Å². The minimum atomic E-state index is -0.320. The maximum absolute atomic E-state index is 11.8. The van der Waals surface area contributed by atoms with Crippen LogP contribution in [0.25, 0.3) is 37.9 Å². The van der Waals surface area contributed by atoms with Crippen LogP contribution in [0.15, 0.2) is 79.0 Å². The summed E-state index contributed by atoms with van der Waals surface area (Å²) in [6.45, 7) is 4.79. The number of carbonyl (C=O) groups excluding carboxylic acids is 1. The Kier molecular flexibility index (Phi) is 6.10. The number of benzene rings is 3. The molecule has 5 aromatic rings. The molecule has 0 unspecified atom stereocenters. The van der Waals surface area contributed by atoms with Gasteiger partial charge in [0.25, 0.3) is 0 Å². The minimum absolute atomic E-state index is 0.320. The smallest absolute Gasteiger partial charge is 0.338 e. The van der Waals surface area contributed by atoms with Crippen molar-refractivity contribution in [1.29, 1.82) is 0 Å². The first-order chi connectivity index (χ1) is 16.6. The van der Waals surface area contributed by atoms with Crippen LogP contribution in [0.4, 0.5) is 0 Å².